The van der Waals surface area contributed by atoms with Crippen molar-refractivity contribution in [2.45, 2.75) is 52.0 Å². The van der Waals surface area contributed by atoms with E-state index in [2.05, 4.69) is 4.98 Å². The largest absolute Gasteiger partial charge is 0.496 e. The van der Waals surface area contributed by atoms with E-state index in [0.29, 0.717) is 0 Å². The maximum Gasteiger partial charge on any atom is 0.496 e. The Bertz CT molecular complexity index is 630. The first kappa shape index (κ1) is 18.7. The molecule has 1 aromatic rings. The monoisotopic (exact) mass is 345 g/mol. The van der Waals surface area contributed by atoms with Crippen molar-refractivity contribution in [1.82, 2.24) is 4.98 Å². The Morgan fingerprint density at radius 2 is 1.79 bits per heavy atom. The summed E-state index contributed by atoms with van der Waals surface area (Å²) in [5.41, 5.74) is -3.04. The fourth-order valence-electron chi connectivity index (χ4n) is 2.18. The molecule has 1 aromatic heterocycles. The zero-order valence-electron chi connectivity index (χ0n) is 14.2. The molecule has 0 saturated carbocycles. The SMILES string of the molecule is CCOC(=O)c1cc(B2OC(C)(C)C(C)(C)O2)cnc1C(F)(F)F. The van der Waals surface area contributed by atoms with E-state index in [9.17, 15) is 18.0 Å². The Balaban J connectivity index is 2.44. The van der Waals surface area contributed by atoms with E-state index >= 15 is 0 Å². The van der Waals surface area contributed by atoms with Crippen LogP contribution in [0.2, 0.25) is 0 Å². The molecule has 0 unspecified atom stereocenters. The Morgan fingerprint density at radius 3 is 2.25 bits per heavy atom. The van der Waals surface area contributed by atoms with E-state index in [1.54, 1.807) is 0 Å². The van der Waals surface area contributed by atoms with Gasteiger partial charge in [0.2, 0.25) is 0 Å². The minimum Gasteiger partial charge on any atom is -0.462 e. The lowest BCUT2D eigenvalue weighted by Gasteiger charge is -2.32. The maximum absolute atomic E-state index is 13.1. The van der Waals surface area contributed by atoms with Gasteiger partial charge in [0.15, 0.2) is 5.69 Å². The lowest BCUT2D eigenvalue weighted by molar-refractivity contribution is -0.141. The van der Waals surface area contributed by atoms with Crippen LogP contribution >= 0.6 is 0 Å². The van der Waals surface area contributed by atoms with Gasteiger partial charge < -0.3 is 14.0 Å². The second-order valence-electron chi connectivity index (χ2n) is 6.47. The fraction of sp³-hybridized carbons (Fsp3) is 0.600. The number of rotatable bonds is 3. The van der Waals surface area contributed by atoms with Crippen LogP contribution in [0.3, 0.4) is 0 Å². The van der Waals surface area contributed by atoms with E-state index in [4.69, 9.17) is 14.0 Å². The molecule has 5 nitrogen and oxygen atoms in total. The van der Waals surface area contributed by atoms with Gasteiger partial charge in [0.25, 0.3) is 0 Å². The van der Waals surface area contributed by atoms with Crippen LogP contribution in [-0.2, 0) is 20.2 Å². The summed E-state index contributed by atoms with van der Waals surface area (Å²) in [6, 6.07) is 1.07. The first-order valence-corrected chi connectivity index (χ1v) is 7.49. The van der Waals surface area contributed by atoms with Gasteiger partial charge in [0.1, 0.15) is 0 Å². The van der Waals surface area contributed by atoms with Gasteiger partial charge in [-0.3, -0.25) is 4.98 Å². The minimum atomic E-state index is -4.77. The normalized spacial score (nSPS) is 19.4. The molecule has 0 amide bonds. The van der Waals surface area contributed by atoms with Crippen LogP contribution in [0.15, 0.2) is 12.3 Å². The highest BCUT2D eigenvalue weighted by molar-refractivity contribution is 6.62. The van der Waals surface area contributed by atoms with Crippen LogP contribution in [0.1, 0.15) is 50.7 Å². The Hall–Kier alpha value is -1.61. The second-order valence-corrected chi connectivity index (χ2v) is 6.47. The minimum absolute atomic E-state index is 0.0448. The lowest BCUT2D eigenvalue weighted by Crippen LogP contribution is -2.41. The zero-order valence-corrected chi connectivity index (χ0v) is 14.2. The van der Waals surface area contributed by atoms with Gasteiger partial charge in [-0.05, 0) is 40.7 Å². The molecule has 0 spiro atoms. The summed E-state index contributed by atoms with van der Waals surface area (Å²) in [7, 11) is -0.919. The van der Waals surface area contributed by atoms with Gasteiger partial charge in [-0.2, -0.15) is 13.2 Å². The standard InChI is InChI=1S/C15H19BF3NO4/c1-6-22-12(21)10-7-9(8-20-11(10)15(17,18)19)16-23-13(2,3)14(4,5)24-16/h7-8H,6H2,1-5H3. The molecule has 2 heterocycles. The maximum atomic E-state index is 13.1. The number of halogens is 3. The summed E-state index contributed by atoms with van der Waals surface area (Å²) < 4.78 is 55.5. The summed E-state index contributed by atoms with van der Waals surface area (Å²) in [4.78, 5) is 15.3. The Labute approximate surface area is 138 Å². The van der Waals surface area contributed by atoms with Gasteiger partial charge in [-0.25, -0.2) is 4.79 Å². The van der Waals surface area contributed by atoms with E-state index in [1.807, 2.05) is 27.7 Å². The van der Waals surface area contributed by atoms with Crippen LogP contribution in [0, 0.1) is 0 Å². The van der Waals surface area contributed by atoms with Gasteiger partial charge in [-0.15, -0.1) is 0 Å². The Morgan fingerprint density at radius 1 is 1.25 bits per heavy atom. The summed E-state index contributed by atoms with van der Waals surface area (Å²) in [6.07, 6.45) is -3.76. The average Bonchev–Trinajstić information content (AvgIpc) is 2.66. The molecule has 1 fully saturated rings. The van der Waals surface area contributed by atoms with E-state index in [-0.39, 0.29) is 12.1 Å². The number of carbonyl (C=O) groups excluding carboxylic acids is 1. The van der Waals surface area contributed by atoms with Gasteiger partial charge >= 0.3 is 19.3 Å². The molecule has 0 bridgehead atoms. The number of hydrogen-bond donors (Lipinski definition) is 0. The first-order valence-electron chi connectivity index (χ1n) is 7.49. The first-order chi connectivity index (χ1) is 10.9. The number of ether oxygens (including phenoxy) is 1. The smallest absolute Gasteiger partial charge is 0.462 e. The van der Waals surface area contributed by atoms with Crippen LogP contribution in [-0.4, -0.2) is 35.9 Å². The molecule has 0 N–H and O–H groups in total. The topological polar surface area (TPSA) is 57.7 Å². The highest BCUT2D eigenvalue weighted by Gasteiger charge is 2.52. The number of pyridine rings is 1. The summed E-state index contributed by atoms with van der Waals surface area (Å²) in [5, 5.41) is 0. The van der Waals surface area contributed by atoms with Crippen molar-refractivity contribution < 1.29 is 32.0 Å². The molecule has 24 heavy (non-hydrogen) atoms. The van der Waals surface area contributed by atoms with Crippen LogP contribution in [0.25, 0.3) is 0 Å². The number of nitrogens with zero attached hydrogens (tertiary/aromatic N) is 1. The van der Waals surface area contributed by atoms with Crippen LogP contribution in [0.4, 0.5) is 13.2 Å². The van der Waals surface area contributed by atoms with Crippen molar-refractivity contribution in [2.75, 3.05) is 6.61 Å². The number of hydrogen-bond acceptors (Lipinski definition) is 5. The van der Waals surface area contributed by atoms with E-state index < -0.39 is 41.7 Å². The predicted molar refractivity (Wildman–Crippen MR) is 80.9 cm³/mol. The van der Waals surface area contributed by atoms with Crippen LogP contribution in [0.5, 0.6) is 0 Å². The lowest BCUT2D eigenvalue weighted by atomic mass is 9.79. The molecular formula is C15H19BF3NO4. The highest BCUT2D eigenvalue weighted by Crippen LogP contribution is 2.37. The third kappa shape index (κ3) is 3.42. The quantitative estimate of drug-likeness (QED) is 0.623. The summed E-state index contributed by atoms with van der Waals surface area (Å²) in [6.45, 7) is 8.73. The van der Waals surface area contributed by atoms with E-state index in [0.717, 1.165) is 12.3 Å². The molecule has 1 aliphatic heterocycles. The molecule has 1 saturated heterocycles. The fourth-order valence-corrected chi connectivity index (χ4v) is 2.18. The summed E-state index contributed by atoms with van der Waals surface area (Å²) in [5.74, 6) is -1.09. The van der Waals surface area contributed by atoms with Gasteiger partial charge in [-0.1, -0.05) is 0 Å². The molecule has 0 aromatic carbocycles. The number of carbonyl (C=O) groups is 1. The number of alkyl halides is 3. The van der Waals surface area contributed by atoms with Crippen molar-refractivity contribution >= 4 is 18.6 Å². The average molecular weight is 345 g/mol. The number of esters is 1. The summed E-state index contributed by atoms with van der Waals surface area (Å²) >= 11 is 0. The van der Waals surface area contributed by atoms with Crippen molar-refractivity contribution in [2.24, 2.45) is 0 Å². The Kier molecular flexibility index (Phi) is 4.71. The van der Waals surface area contributed by atoms with Gasteiger partial charge in [0.05, 0.1) is 23.4 Å². The molecule has 1 aliphatic rings. The van der Waals surface area contributed by atoms with Crippen molar-refractivity contribution in [3.63, 3.8) is 0 Å². The zero-order chi connectivity index (χ0) is 18.3. The van der Waals surface area contributed by atoms with Crippen molar-refractivity contribution in [3.8, 4) is 0 Å². The molecule has 0 atom stereocenters. The van der Waals surface area contributed by atoms with Crippen molar-refractivity contribution in [1.29, 1.82) is 0 Å². The molecule has 0 aliphatic carbocycles. The second kappa shape index (κ2) is 6.04. The molecule has 2 rings (SSSR count). The molecule has 9 heteroatoms. The highest BCUT2D eigenvalue weighted by atomic mass is 19.4. The van der Waals surface area contributed by atoms with Gasteiger partial charge in [0, 0.05) is 11.7 Å². The molecule has 0 radical (unpaired) electrons. The molecular weight excluding hydrogens is 326 g/mol. The molecule has 132 valence electrons. The number of aromatic nitrogens is 1. The third-order valence-electron chi connectivity index (χ3n) is 4.20. The third-order valence-corrected chi connectivity index (χ3v) is 4.20. The van der Waals surface area contributed by atoms with E-state index in [1.165, 1.54) is 6.92 Å². The predicted octanol–water partition coefficient (Wildman–Crippen LogP) is 2.58. The van der Waals surface area contributed by atoms with Crippen molar-refractivity contribution in [3.05, 3.63) is 23.5 Å². The van der Waals surface area contributed by atoms with Crippen LogP contribution < -0.4 is 5.46 Å².